The molecule has 0 radical (unpaired) electrons. The lowest BCUT2D eigenvalue weighted by molar-refractivity contribution is 0.537. The van der Waals surface area contributed by atoms with Crippen molar-refractivity contribution in [1.82, 2.24) is 4.72 Å². The quantitative estimate of drug-likeness (QED) is 0.705. The first-order valence-electron chi connectivity index (χ1n) is 3.91. The molecule has 0 aliphatic rings. The molecule has 0 aliphatic carbocycles. The van der Waals surface area contributed by atoms with E-state index in [9.17, 15) is 12.6 Å². The van der Waals surface area contributed by atoms with Crippen LogP contribution in [0, 0.1) is 11.3 Å². The predicted octanol–water partition coefficient (Wildman–Crippen LogP) is -0.414. The summed E-state index contributed by atoms with van der Waals surface area (Å²) < 4.78 is 35.5. The molecule has 1 unspecified atom stereocenters. The molecule has 0 saturated carbocycles. The zero-order chi connectivity index (χ0) is 11.4. The Balaban J connectivity index is 4.38. The van der Waals surface area contributed by atoms with Crippen molar-refractivity contribution in [3.8, 4) is 6.07 Å². The summed E-state index contributed by atoms with van der Waals surface area (Å²) in [5, 5.41) is 8.60. The van der Waals surface area contributed by atoms with Crippen LogP contribution in [0.5, 0.6) is 0 Å². The standard InChI is InChI=1S/C7H14N2O3S2/c1-7(2,6-8)9-14(11,12)5-4-13(3)10/h9H,4-5H2,1-3H3. The van der Waals surface area contributed by atoms with Crippen LogP contribution in [0.25, 0.3) is 0 Å². The molecule has 0 fully saturated rings. The largest absolute Gasteiger partial charge is 0.260 e. The van der Waals surface area contributed by atoms with Crippen LogP contribution in [0.3, 0.4) is 0 Å². The summed E-state index contributed by atoms with van der Waals surface area (Å²) in [4.78, 5) is 0. The van der Waals surface area contributed by atoms with Gasteiger partial charge in [0.1, 0.15) is 5.54 Å². The Bertz CT molecular complexity index is 354. The Kier molecular flexibility index (Phi) is 4.71. The van der Waals surface area contributed by atoms with E-state index in [0.29, 0.717) is 0 Å². The van der Waals surface area contributed by atoms with Gasteiger partial charge in [0.15, 0.2) is 0 Å². The van der Waals surface area contributed by atoms with Gasteiger partial charge in [-0.25, -0.2) is 8.42 Å². The van der Waals surface area contributed by atoms with Gasteiger partial charge in [-0.05, 0) is 13.8 Å². The minimum absolute atomic E-state index is 0.0802. The van der Waals surface area contributed by atoms with E-state index in [1.54, 1.807) is 0 Å². The van der Waals surface area contributed by atoms with Crippen LogP contribution in [0.2, 0.25) is 0 Å². The lowest BCUT2D eigenvalue weighted by atomic mass is 10.1. The molecule has 0 saturated heterocycles. The second-order valence-corrected chi connectivity index (χ2v) is 6.83. The molecule has 0 bridgehead atoms. The van der Waals surface area contributed by atoms with Crippen LogP contribution in [0.1, 0.15) is 13.8 Å². The highest BCUT2D eigenvalue weighted by Crippen LogP contribution is 2.02. The number of nitriles is 1. The first-order valence-corrected chi connectivity index (χ1v) is 7.29. The van der Waals surface area contributed by atoms with Gasteiger partial charge < -0.3 is 0 Å². The van der Waals surface area contributed by atoms with E-state index in [4.69, 9.17) is 5.26 Å². The van der Waals surface area contributed by atoms with Crippen LogP contribution in [-0.4, -0.2) is 35.9 Å². The van der Waals surface area contributed by atoms with Gasteiger partial charge in [-0.2, -0.15) is 9.98 Å². The van der Waals surface area contributed by atoms with Crippen molar-refractivity contribution in [3.63, 3.8) is 0 Å². The fourth-order valence-corrected chi connectivity index (χ4v) is 3.43. The van der Waals surface area contributed by atoms with Crippen molar-refractivity contribution in [2.24, 2.45) is 0 Å². The zero-order valence-electron chi connectivity index (χ0n) is 8.40. The zero-order valence-corrected chi connectivity index (χ0v) is 10.0. The lowest BCUT2D eigenvalue weighted by Crippen LogP contribution is -2.43. The van der Waals surface area contributed by atoms with Gasteiger partial charge in [-0.1, -0.05) is 0 Å². The molecule has 5 nitrogen and oxygen atoms in total. The van der Waals surface area contributed by atoms with E-state index in [2.05, 4.69) is 4.72 Å². The summed E-state index contributed by atoms with van der Waals surface area (Å²) in [6, 6.07) is 1.82. The predicted molar refractivity (Wildman–Crippen MR) is 55.5 cm³/mol. The monoisotopic (exact) mass is 238 g/mol. The van der Waals surface area contributed by atoms with Crippen molar-refractivity contribution >= 4 is 20.8 Å². The number of hydrogen-bond acceptors (Lipinski definition) is 4. The number of hydrogen-bond donors (Lipinski definition) is 1. The van der Waals surface area contributed by atoms with E-state index < -0.39 is 26.4 Å². The van der Waals surface area contributed by atoms with Crippen molar-refractivity contribution in [1.29, 1.82) is 5.26 Å². The Morgan fingerprint density at radius 3 is 2.36 bits per heavy atom. The van der Waals surface area contributed by atoms with Gasteiger partial charge >= 0.3 is 0 Å². The van der Waals surface area contributed by atoms with Gasteiger partial charge in [0.05, 0.1) is 11.8 Å². The molecular weight excluding hydrogens is 224 g/mol. The molecule has 1 N–H and O–H groups in total. The first kappa shape index (κ1) is 13.5. The third-order valence-corrected chi connectivity index (χ3v) is 3.93. The maximum atomic E-state index is 11.3. The molecule has 0 aliphatic heterocycles. The number of sulfonamides is 1. The van der Waals surface area contributed by atoms with Gasteiger partial charge in [0, 0.05) is 22.8 Å². The molecule has 14 heavy (non-hydrogen) atoms. The summed E-state index contributed by atoms with van der Waals surface area (Å²) in [5.41, 5.74) is -1.12. The third-order valence-electron chi connectivity index (χ3n) is 1.33. The highest BCUT2D eigenvalue weighted by atomic mass is 32.2. The van der Waals surface area contributed by atoms with Crippen molar-refractivity contribution < 1.29 is 12.6 Å². The molecule has 0 spiro atoms. The topological polar surface area (TPSA) is 87.0 Å². The minimum Gasteiger partial charge on any atom is -0.260 e. The molecular formula is C7H14N2O3S2. The van der Waals surface area contributed by atoms with Crippen molar-refractivity contribution in [3.05, 3.63) is 0 Å². The number of nitrogens with one attached hydrogen (secondary N) is 1. The first-order chi connectivity index (χ1) is 6.18. The molecule has 82 valence electrons. The van der Waals surface area contributed by atoms with E-state index in [1.165, 1.54) is 20.1 Å². The Morgan fingerprint density at radius 1 is 1.50 bits per heavy atom. The highest BCUT2D eigenvalue weighted by molar-refractivity contribution is 7.91. The van der Waals surface area contributed by atoms with E-state index in [1.807, 2.05) is 6.07 Å². The number of nitrogens with zero attached hydrogens (tertiary/aromatic N) is 1. The maximum Gasteiger partial charge on any atom is 0.213 e. The fraction of sp³-hybridized carbons (Fsp3) is 0.857. The van der Waals surface area contributed by atoms with Crippen LogP contribution in [0.15, 0.2) is 0 Å². The summed E-state index contributed by atoms with van der Waals surface area (Å²) in [5.74, 6) is -0.141. The average molecular weight is 238 g/mol. The highest BCUT2D eigenvalue weighted by Gasteiger charge is 2.24. The normalized spacial score (nSPS) is 14.7. The fourth-order valence-electron chi connectivity index (χ4n) is 0.690. The molecule has 0 aromatic carbocycles. The Labute approximate surface area is 87.0 Å². The minimum atomic E-state index is -3.51. The molecule has 0 heterocycles. The lowest BCUT2D eigenvalue weighted by Gasteiger charge is -2.16. The molecule has 7 heteroatoms. The molecule has 0 amide bonds. The molecule has 0 aromatic rings. The second-order valence-electron chi connectivity index (χ2n) is 3.44. The van der Waals surface area contributed by atoms with Gasteiger partial charge in [-0.15, -0.1) is 0 Å². The smallest absolute Gasteiger partial charge is 0.213 e. The van der Waals surface area contributed by atoms with Gasteiger partial charge in [0.2, 0.25) is 10.0 Å². The van der Waals surface area contributed by atoms with Crippen molar-refractivity contribution in [2.45, 2.75) is 19.4 Å². The summed E-state index contributed by atoms with van der Waals surface area (Å²) in [7, 11) is -4.66. The number of rotatable bonds is 5. The maximum absolute atomic E-state index is 11.3. The van der Waals surface area contributed by atoms with Crippen LogP contribution in [0.4, 0.5) is 0 Å². The second kappa shape index (κ2) is 4.87. The van der Waals surface area contributed by atoms with E-state index in [-0.39, 0.29) is 11.5 Å². The summed E-state index contributed by atoms with van der Waals surface area (Å²) >= 11 is 0. The van der Waals surface area contributed by atoms with Crippen LogP contribution < -0.4 is 4.72 Å². The van der Waals surface area contributed by atoms with E-state index >= 15 is 0 Å². The Hall–Kier alpha value is -0.450. The summed E-state index contributed by atoms with van der Waals surface area (Å²) in [6.45, 7) is 2.93. The molecule has 0 rings (SSSR count). The Morgan fingerprint density at radius 2 is 2.00 bits per heavy atom. The summed E-state index contributed by atoms with van der Waals surface area (Å²) in [6.07, 6.45) is 1.44. The van der Waals surface area contributed by atoms with E-state index in [0.717, 1.165) is 0 Å². The van der Waals surface area contributed by atoms with Gasteiger partial charge in [0.25, 0.3) is 0 Å². The molecule has 1 atom stereocenters. The van der Waals surface area contributed by atoms with Crippen LogP contribution in [-0.2, 0) is 20.8 Å². The third kappa shape index (κ3) is 6.07. The SMILES string of the molecule is CS(=O)CCS(=O)(=O)NC(C)(C)C#N. The average Bonchev–Trinajstić information content (AvgIpc) is 1.99. The van der Waals surface area contributed by atoms with Crippen molar-refractivity contribution in [2.75, 3.05) is 17.8 Å². The van der Waals surface area contributed by atoms with Crippen LogP contribution >= 0.6 is 0 Å². The van der Waals surface area contributed by atoms with Gasteiger partial charge in [-0.3, -0.25) is 4.21 Å². The molecule has 0 aromatic heterocycles.